The molecule has 1 aromatic rings. The summed E-state index contributed by atoms with van der Waals surface area (Å²) >= 11 is 0. The highest BCUT2D eigenvalue weighted by molar-refractivity contribution is 6.00. The third-order valence-electron chi connectivity index (χ3n) is 3.81. The van der Waals surface area contributed by atoms with E-state index in [-0.39, 0.29) is 0 Å². The first-order valence-electron chi connectivity index (χ1n) is 6.84. The summed E-state index contributed by atoms with van der Waals surface area (Å²) in [6.07, 6.45) is -5.66. The molecule has 23 heavy (non-hydrogen) atoms. The first-order valence-corrected chi connectivity index (χ1v) is 6.84. The van der Waals surface area contributed by atoms with E-state index in [1.165, 1.54) is 32.9 Å². The third-order valence-corrected chi connectivity index (χ3v) is 3.81. The van der Waals surface area contributed by atoms with Gasteiger partial charge in [0, 0.05) is 11.8 Å². The Labute approximate surface area is 130 Å². The predicted molar refractivity (Wildman–Crippen MR) is 75.1 cm³/mol. The normalized spacial score (nSPS) is 22.3. The highest BCUT2D eigenvalue weighted by atomic mass is 19.4. The van der Waals surface area contributed by atoms with Gasteiger partial charge in [-0.15, -0.1) is 0 Å². The number of aliphatic hydroxyl groups is 1. The van der Waals surface area contributed by atoms with Gasteiger partial charge in [-0.25, -0.2) is 4.39 Å². The molecule has 0 unspecified atom stereocenters. The first-order chi connectivity index (χ1) is 10.4. The fourth-order valence-corrected chi connectivity index (χ4v) is 2.25. The standard InChI is InChI=1S/C15H16F4N2O2/c1-13(2,3)14(23)8-11(15(17,18)19)20-21(14)12(22)9-6-4-5-7-10(9)16/h4-7,23H,8H2,1-3H3/t14-/m0/s1. The zero-order valence-electron chi connectivity index (χ0n) is 12.8. The molecule has 1 amide bonds. The van der Waals surface area contributed by atoms with Crippen molar-refractivity contribution in [3.8, 4) is 0 Å². The minimum atomic E-state index is -4.79. The SMILES string of the molecule is CC(C)(C)[C@@]1(O)CC(C(F)(F)F)=NN1C(=O)c1ccccc1F. The molecule has 0 aromatic heterocycles. The molecule has 126 valence electrons. The molecule has 8 heteroatoms. The van der Waals surface area contributed by atoms with E-state index in [1.54, 1.807) is 0 Å². The van der Waals surface area contributed by atoms with Gasteiger partial charge >= 0.3 is 6.18 Å². The van der Waals surface area contributed by atoms with E-state index in [0.29, 0.717) is 5.01 Å². The monoisotopic (exact) mass is 332 g/mol. The molecule has 1 aromatic carbocycles. The number of hydrogen-bond acceptors (Lipinski definition) is 3. The lowest BCUT2D eigenvalue weighted by molar-refractivity contribution is -0.144. The second-order valence-corrected chi connectivity index (χ2v) is 6.38. The van der Waals surface area contributed by atoms with E-state index in [4.69, 9.17) is 0 Å². The molecule has 4 nitrogen and oxygen atoms in total. The van der Waals surface area contributed by atoms with E-state index < -0.39 is 46.7 Å². The Morgan fingerprint density at radius 2 is 1.83 bits per heavy atom. The van der Waals surface area contributed by atoms with Crippen molar-refractivity contribution in [3.05, 3.63) is 35.6 Å². The summed E-state index contributed by atoms with van der Waals surface area (Å²) in [7, 11) is 0. The van der Waals surface area contributed by atoms with Crippen molar-refractivity contribution in [3.63, 3.8) is 0 Å². The summed E-state index contributed by atoms with van der Waals surface area (Å²) < 4.78 is 52.6. The molecule has 1 aliphatic heterocycles. The average molecular weight is 332 g/mol. The van der Waals surface area contributed by atoms with Crippen molar-refractivity contribution < 1.29 is 27.5 Å². The summed E-state index contributed by atoms with van der Waals surface area (Å²) in [5.74, 6) is -2.02. The van der Waals surface area contributed by atoms with Crippen molar-refractivity contribution in [2.24, 2.45) is 10.5 Å². The topological polar surface area (TPSA) is 52.9 Å². The van der Waals surface area contributed by atoms with Crippen LogP contribution >= 0.6 is 0 Å². The molecule has 0 saturated carbocycles. The first kappa shape index (κ1) is 17.4. The van der Waals surface area contributed by atoms with Gasteiger partial charge in [0.05, 0.1) is 5.56 Å². The van der Waals surface area contributed by atoms with Crippen LogP contribution < -0.4 is 0 Å². The largest absolute Gasteiger partial charge is 0.431 e. The van der Waals surface area contributed by atoms with Crippen LogP contribution in [0.15, 0.2) is 29.4 Å². The minimum Gasteiger partial charge on any atom is -0.368 e. The molecule has 2 rings (SSSR count). The Balaban J connectivity index is 2.53. The van der Waals surface area contributed by atoms with E-state index in [9.17, 15) is 27.5 Å². The van der Waals surface area contributed by atoms with Crippen LogP contribution in [0.1, 0.15) is 37.6 Å². The molecule has 1 aliphatic rings. The van der Waals surface area contributed by atoms with Crippen LogP contribution in [0.5, 0.6) is 0 Å². The van der Waals surface area contributed by atoms with Gasteiger partial charge in [0.15, 0.2) is 5.72 Å². The molecule has 1 heterocycles. The molecular weight excluding hydrogens is 316 g/mol. The minimum absolute atomic E-state index is 0.342. The van der Waals surface area contributed by atoms with Crippen LogP contribution in [0, 0.1) is 11.2 Å². The smallest absolute Gasteiger partial charge is 0.368 e. The van der Waals surface area contributed by atoms with Gasteiger partial charge in [-0.1, -0.05) is 32.9 Å². The van der Waals surface area contributed by atoms with Gasteiger partial charge in [0.25, 0.3) is 5.91 Å². The lowest BCUT2D eigenvalue weighted by Gasteiger charge is -2.41. The van der Waals surface area contributed by atoms with Crippen LogP contribution in [-0.4, -0.2) is 33.6 Å². The number of nitrogens with zero attached hydrogens (tertiary/aromatic N) is 2. The lowest BCUT2D eigenvalue weighted by atomic mass is 9.80. The van der Waals surface area contributed by atoms with Crippen molar-refractivity contribution in [1.29, 1.82) is 0 Å². The van der Waals surface area contributed by atoms with E-state index in [0.717, 1.165) is 12.1 Å². The second-order valence-electron chi connectivity index (χ2n) is 6.38. The fourth-order valence-electron chi connectivity index (χ4n) is 2.25. The Hall–Kier alpha value is -1.96. The highest BCUT2D eigenvalue weighted by Gasteiger charge is 2.57. The van der Waals surface area contributed by atoms with Gasteiger partial charge < -0.3 is 5.11 Å². The lowest BCUT2D eigenvalue weighted by Crippen LogP contribution is -2.55. The third kappa shape index (κ3) is 2.95. The molecule has 0 radical (unpaired) electrons. The summed E-state index contributed by atoms with van der Waals surface area (Å²) in [5, 5.41) is 14.3. The molecule has 0 aliphatic carbocycles. The van der Waals surface area contributed by atoms with E-state index >= 15 is 0 Å². The Kier molecular flexibility index (Phi) is 4.00. The van der Waals surface area contributed by atoms with E-state index in [1.807, 2.05) is 0 Å². The van der Waals surface area contributed by atoms with E-state index in [2.05, 4.69) is 5.10 Å². The summed E-state index contributed by atoms with van der Waals surface area (Å²) in [4.78, 5) is 12.5. The van der Waals surface area contributed by atoms with Gasteiger partial charge in [0.1, 0.15) is 11.5 Å². The number of rotatable bonds is 1. The molecule has 1 N–H and O–H groups in total. The van der Waals surface area contributed by atoms with Crippen LogP contribution in [0.2, 0.25) is 0 Å². The van der Waals surface area contributed by atoms with Gasteiger partial charge in [-0.05, 0) is 12.1 Å². The maximum absolute atomic E-state index is 13.8. The molecule has 0 spiro atoms. The number of benzene rings is 1. The Morgan fingerprint density at radius 3 is 2.30 bits per heavy atom. The van der Waals surface area contributed by atoms with Gasteiger partial charge in [0.2, 0.25) is 0 Å². The number of alkyl halides is 3. The molecule has 0 bridgehead atoms. The Morgan fingerprint density at radius 1 is 1.26 bits per heavy atom. The van der Waals surface area contributed by atoms with Crippen molar-refractivity contribution in [2.45, 2.75) is 39.1 Å². The molecule has 1 atom stereocenters. The van der Waals surface area contributed by atoms with Crippen LogP contribution in [0.4, 0.5) is 17.6 Å². The predicted octanol–water partition coefficient (Wildman–Crippen LogP) is 3.32. The van der Waals surface area contributed by atoms with Crippen molar-refractivity contribution >= 4 is 11.6 Å². The zero-order valence-corrected chi connectivity index (χ0v) is 12.8. The number of carbonyl (C=O) groups excluding carboxylic acids is 1. The molecule has 0 saturated heterocycles. The van der Waals surface area contributed by atoms with Crippen LogP contribution in [0.3, 0.4) is 0 Å². The second kappa shape index (κ2) is 5.30. The number of amides is 1. The maximum Gasteiger partial charge on any atom is 0.431 e. The summed E-state index contributed by atoms with van der Waals surface area (Å²) in [5.41, 5.74) is -5.08. The van der Waals surface area contributed by atoms with Crippen LogP contribution in [0.25, 0.3) is 0 Å². The van der Waals surface area contributed by atoms with Crippen LogP contribution in [-0.2, 0) is 0 Å². The molecule has 0 fully saturated rings. The Bertz CT molecular complexity index is 664. The average Bonchev–Trinajstić information content (AvgIpc) is 2.77. The van der Waals surface area contributed by atoms with Gasteiger partial charge in [-0.2, -0.15) is 23.3 Å². The molecular formula is C15H16F4N2O2. The zero-order chi connectivity index (χ0) is 17.6. The summed E-state index contributed by atoms with van der Waals surface area (Å²) in [6.45, 7) is 4.43. The highest BCUT2D eigenvalue weighted by Crippen LogP contribution is 2.44. The quantitative estimate of drug-likeness (QED) is 0.802. The van der Waals surface area contributed by atoms with Gasteiger partial charge in [-0.3, -0.25) is 4.79 Å². The number of hydrazone groups is 1. The van der Waals surface area contributed by atoms with Crippen molar-refractivity contribution in [2.75, 3.05) is 0 Å². The van der Waals surface area contributed by atoms with Crippen molar-refractivity contribution in [1.82, 2.24) is 5.01 Å². The summed E-state index contributed by atoms with van der Waals surface area (Å²) in [6, 6.07) is 4.85. The maximum atomic E-state index is 13.8. The number of hydrogen-bond donors (Lipinski definition) is 1. The fraction of sp³-hybridized carbons (Fsp3) is 0.467. The number of halogens is 4. The number of carbonyl (C=O) groups is 1.